The van der Waals surface area contributed by atoms with Crippen LogP contribution in [0.3, 0.4) is 0 Å². The number of nitrogens with zero attached hydrogens (tertiary/aromatic N) is 1. The van der Waals surface area contributed by atoms with E-state index in [-0.39, 0.29) is 29.9 Å². The van der Waals surface area contributed by atoms with E-state index in [2.05, 4.69) is 5.32 Å². The van der Waals surface area contributed by atoms with Gasteiger partial charge in [0.05, 0.1) is 4.92 Å². The Morgan fingerprint density at radius 3 is 2.57 bits per heavy atom. The number of para-hydroxylation sites is 2. The van der Waals surface area contributed by atoms with E-state index in [1.54, 1.807) is 24.3 Å². The number of nitro benzene ring substituents is 1. The maximum Gasteiger partial charge on any atom is 0.292 e. The summed E-state index contributed by atoms with van der Waals surface area (Å²) in [5.41, 5.74) is 1.13. The van der Waals surface area contributed by atoms with Gasteiger partial charge in [-0.15, -0.1) is 0 Å². The highest BCUT2D eigenvalue weighted by atomic mass is 35.5. The fourth-order valence-electron chi connectivity index (χ4n) is 2.13. The highest BCUT2D eigenvalue weighted by molar-refractivity contribution is 6.30. The van der Waals surface area contributed by atoms with Gasteiger partial charge in [0.1, 0.15) is 11.7 Å². The van der Waals surface area contributed by atoms with Crippen LogP contribution >= 0.6 is 11.6 Å². The Morgan fingerprint density at radius 2 is 1.91 bits per heavy atom. The Labute approximate surface area is 138 Å². The number of hydrogen-bond donors (Lipinski definition) is 2. The number of halogens is 1. The molecule has 1 amide bonds. The number of quaternary nitrogens is 1. The minimum absolute atomic E-state index is 0.0729. The number of anilines is 1. The third-order valence-electron chi connectivity index (χ3n) is 3.43. The number of rotatable bonds is 6. The van der Waals surface area contributed by atoms with Crippen LogP contribution in [0.1, 0.15) is 18.5 Å². The maximum absolute atomic E-state index is 12.0. The van der Waals surface area contributed by atoms with Gasteiger partial charge >= 0.3 is 0 Å². The summed E-state index contributed by atoms with van der Waals surface area (Å²) in [6, 6.07) is 13.6. The Bertz CT molecular complexity index is 704. The van der Waals surface area contributed by atoms with Gasteiger partial charge in [0.15, 0.2) is 6.54 Å². The molecule has 23 heavy (non-hydrogen) atoms. The van der Waals surface area contributed by atoms with Crippen molar-refractivity contribution in [3.63, 3.8) is 0 Å². The molecule has 0 radical (unpaired) electrons. The maximum atomic E-state index is 12.0. The van der Waals surface area contributed by atoms with Crippen molar-refractivity contribution in [2.45, 2.75) is 13.0 Å². The molecule has 1 atom stereocenters. The molecule has 0 heterocycles. The van der Waals surface area contributed by atoms with Gasteiger partial charge in [-0.3, -0.25) is 14.9 Å². The van der Waals surface area contributed by atoms with Crippen LogP contribution in [0.5, 0.6) is 0 Å². The number of carbonyl (C=O) groups is 1. The van der Waals surface area contributed by atoms with Crippen LogP contribution in [0.2, 0.25) is 5.02 Å². The molecule has 3 N–H and O–H groups in total. The summed E-state index contributed by atoms with van der Waals surface area (Å²) >= 11 is 5.85. The van der Waals surface area contributed by atoms with Gasteiger partial charge < -0.3 is 10.6 Å². The van der Waals surface area contributed by atoms with Gasteiger partial charge in [0.2, 0.25) is 0 Å². The summed E-state index contributed by atoms with van der Waals surface area (Å²) in [5, 5.41) is 16.0. The first-order valence-electron chi connectivity index (χ1n) is 7.09. The van der Waals surface area contributed by atoms with Crippen LogP contribution < -0.4 is 10.6 Å². The fraction of sp³-hybridized carbons (Fsp3) is 0.188. The van der Waals surface area contributed by atoms with Gasteiger partial charge in [-0.25, -0.2) is 0 Å². The van der Waals surface area contributed by atoms with Crippen molar-refractivity contribution >= 4 is 28.9 Å². The molecular formula is C16H17ClN3O3+. The topological polar surface area (TPSA) is 88.8 Å². The predicted molar refractivity (Wildman–Crippen MR) is 88.4 cm³/mol. The number of carbonyl (C=O) groups excluding carboxylic acids is 1. The van der Waals surface area contributed by atoms with Gasteiger partial charge in [0.25, 0.3) is 11.6 Å². The second-order valence-corrected chi connectivity index (χ2v) is 5.54. The Balaban J connectivity index is 1.93. The fourth-order valence-corrected chi connectivity index (χ4v) is 2.25. The first-order valence-corrected chi connectivity index (χ1v) is 7.47. The SMILES string of the molecule is C[C@@H]([NH2+]CC(=O)Nc1ccccc1[N+](=O)[O-])c1ccc(Cl)cc1. The molecule has 2 rings (SSSR count). The molecular weight excluding hydrogens is 318 g/mol. The molecule has 0 bridgehead atoms. The van der Waals surface area contributed by atoms with Gasteiger partial charge in [-0.1, -0.05) is 35.9 Å². The number of hydrogen-bond acceptors (Lipinski definition) is 3. The smallest absolute Gasteiger partial charge is 0.292 e. The van der Waals surface area contributed by atoms with E-state index in [9.17, 15) is 14.9 Å². The lowest BCUT2D eigenvalue weighted by Crippen LogP contribution is -2.86. The van der Waals surface area contributed by atoms with E-state index in [0.29, 0.717) is 5.02 Å². The zero-order valence-electron chi connectivity index (χ0n) is 12.5. The second-order valence-electron chi connectivity index (χ2n) is 5.10. The molecule has 6 nitrogen and oxygen atoms in total. The summed E-state index contributed by atoms with van der Waals surface area (Å²) in [5.74, 6) is -0.292. The highest BCUT2D eigenvalue weighted by Gasteiger charge is 2.16. The molecule has 0 aliphatic rings. The number of benzene rings is 2. The van der Waals surface area contributed by atoms with Crippen LogP contribution in [0.4, 0.5) is 11.4 Å². The molecule has 0 unspecified atom stereocenters. The molecule has 0 fully saturated rings. The zero-order chi connectivity index (χ0) is 16.8. The zero-order valence-corrected chi connectivity index (χ0v) is 13.3. The van der Waals surface area contributed by atoms with Gasteiger partial charge in [-0.05, 0) is 25.1 Å². The van der Waals surface area contributed by atoms with Crippen molar-refractivity contribution in [2.24, 2.45) is 0 Å². The first-order chi connectivity index (χ1) is 11.0. The molecule has 0 saturated heterocycles. The van der Waals surface area contributed by atoms with Crippen molar-refractivity contribution in [2.75, 3.05) is 11.9 Å². The normalized spacial score (nSPS) is 11.7. The molecule has 0 aromatic heterocycles. The lowest BCUT2D eigenvalue weighted by molar-refractivity contribution is -0.682. The largest absolute Gasteiger partial charge is 0.333 e. The van der Waals surface area contributed by atoms with Crippen LogP contribution in [-0.2, 0) is 4.79 Å². The Morgan fingerprint density at radius 1 is 1.26 bits per heavy atom. The van der Waals surface area contributed by atoms with E-state index in [1.807, 2.05) is 24.4 Å². The summed E-state index contributed by atoms with van der Waals surface area (Å²) in [7, 11) is 0. The van der Waals surface area contributed by atoms with Crippen LogP contribution in [0, 0.1) is 10.1 Å². The van der Waals surface area contributed by atoms with Crippen molar-refractivity contribution in [1.82, 2.24) is 0 Å². The van der Waals surface area contributed by atoms with Crippen LogP contribution in [0.15, 0.2) is 48.5 Å². The molecule has 2 aromatic rings. The van der Waals surface area contributed by atoms with Gasteiger partial charge in [-0.2, -0.15) is 0 Å². The summed E-state index contributed by atoms with van der Waals surface area (Å²) in [6.45, 7) is 2.14. The third-order valence-corrected chi connectivity index (χ3v) is 3.68. The monoisotopic (exact) mass is 334 g/mol. The summed E-state index contributed by atoms with van der Waals surface area (Å²) in [4.78, 5) is 22.4. The predicted octanol–water partition coefficient (Wildman–Crippen LogP) is 2.51. The lowest BCUT2D eigenvalue weighted by atomic mass is 10.1. The molecule has 0 aliphatic carbocycles. The molecule has 2 aromatic carbocycles. The van der Waals surface area contributed by atoms with Crippen LogP contribution in [0.25, 0.3) is 0 Å². The van der Waals surface area contributed by atoms with Crippen molar-refractivity contribution in [1.29, 1.82) is 0 Å². The van der Waals surface area contributed by atoms with E-state index in [1.165, 1.54) is 12.1 Å². The number of nitrogens with one attached hydrogen (secondary N) is 1. The molecule has 7 heteroatoms. The Kier molecular flexibility index (Phi) is 5.67. The van der Waals surface area contributed by atoms with E-state index >= 15 is 0 Å². The average Bonchev–Trinajstić information content (AvgIpc) is 2.53. The molecule has 0 spiro atoms. The third kappa shape index (κ3) is 4.77. The number of nitrogens with two attached hydrogens (primary N) is 1. The molecule has 120 valence electrons. The van der Waals surface area contributed by atoms with Crippen molar-refractivity contribution in [3.8, 4) is 0 Å². The van der Waals surface area contributed by atoms with Crippen LogP contribution in [-0.4, -0.2) is 17.4 Å². The highest BCUT2D eigenvalue weighted by Crippen LogP contribution is 2.22. The van der Waals surface area contributed by atoms with Crippen molar-refractivity contribution in [3.05, 3.63) is 69.2 Å². The molecule has 0 aliphatic heterocycles. The quantitative estimate of drug-likeness (QED) is 0.628. The van der Waals surface area contributed by atoms with E-state index in [0.717, 1.165) is 5.56 Å². The number of nitro groups is 1. The summed E-state index contributed by atoms with van der Waals surface area (Å²) < 4.78 is 0. The lowest BCUT2D eigenvalue weighted by Gasteiger charge is -2.11. The standard InChI is InChI=1S/C16H16ClN3O3/c1-11(12-6-8-13(17)9-7-12)18-10-16(21)19-14-4-2-3-5-15(14)20(22)23/h2-9,11,18H,10H2,1H3,(H,19,21)/p+1/t11-/m1/s1. The van der Waals surface area contributed by atoms with Crippen molar-refractivity contribution < 1.29 is 15.0 Å². The van der Waals surface area contributed by atoms with Gasteiger partial charge in [0, 0.05) is 16.7 Å². The first kappa shape index (κ1) is 16.9. The van der Waals surface area contributed by atoms with E-state index in [4.69, 9.17) is 11.6 Å². The Hall–Kier alpha value is -2.44. The van der Waals surface area contributed by atoms with E-state index < -0.39 is 4.92 Å². The second kappa shape index (κ2) is 7.71. The number of amides is 1. The minimum Gasteiger partial charge on any atom is -0.333 e. The molecule has 0 saturated carbocycles. The minimum atomic E-state index is -0.518. The summed E-state index contributed by atoms with van der Waals surface area (Å²) in [6.07, 6.45) is 0. The average molecular weight is 335 g/mol.